The van der Waals surface area contributed by atoms with Crippen LogP contribution in [-0.4, -0.2) is 96.7 Å². The molecule has 0 aromatic rings. The maximum Gasteiger partial charge on any atom is 0.472 e. The molecule has 0 heterocycles. The third kappa shape index (κ3) is 68.6. The van der Waals surface area contributed by atoms with Gasteiger partial charge in [-0.3, -0.25) is 37.3 Å². The summed E-state index contributed by atoms with van der Waals surface area (Å²) in [5, 5.41) is 10.6. The quantitative estimate of drug-likeness (QED) is 0.0222. The van der Waals surface area contributed by atoms with Crippen molar-refractivity contribution in [2.24, 2.45) is 23.7 Å². The summed E-state index contributed by atoms with van der Waals surface area (Å²) >= 11 is 0. The highest BCUT2D eigenvalue weighted by Crippen LogP contribution is 2.45. The van der Waals surface area contributed by atoms with E-state index >= 15 is 0 Å². The van der Waals surface area contributed by atoms with Crippen LogP contribution < -0.4 is 0 Å². The molecule has 0 saturated carbocycles. The lowest BCUT2D eigenvalue weighted by Crippen LogP contribution is -2.30. The first-order valence-corrected chi connectivity index (χ1v) is 41.7. The van der Waals surface area contributed by atoms with Gasteiger partial charge in [0, 0.05) is 25.7 Å². The molecule has 3 unspecified atom stereocenters. The van der Waals surface area contributed by atoms with Crippen LogP contribution in [0.1, 0.15) is 376 Å². The highest BCUT2D eigenvalue weighted by molar-refractivity contribution is 7.47. The van der Waals surface area contributed by atoms with Crippen molar-refractivity contribution in [1.29, 1.82) is 0 Å². The van der Waals surface area contributed by atoms with Crippen molar-refractivity contribution < 1.29 is 80.2 Å². The molecule has 0 aliphatic carbocycles. The van der Waals surface area contributed by atoms with Crippen LogP contribution in [0.3, 0.4) is 0 Å². The van der Waals surface area contributed by atoms with E-state index in [1.54, 1.807) is 0 Å². The zero-order valence-corrected chi connectivity index (χ0v) is 63.4. The third-order valence-electron chi connectivity index (χ3n) is 17.3. The number of carbonyl (C=O) groups is 4. The number of unbranched alkanes of at least 4 members (excludes halogenated alkanes) is 38. The molecule has 0 bridgehead atoms. The van der Waals surface area contributed by atoms with Gasteiger partial charge in [0.2, 0.25) is 0 Å². The minimum Gasteiger partial charge on any atom is -0.462 e. The first-order chi connectivity index (χ1) is 45.1. The Bertz CT molecular complexity index is 1850. The van der Waals surface area contributed by atoms with Crippen LogP contribution >= 0.6 is 15.6 Å². The molecule has 17 nitrogen and oxygen atoms in total. The van der Waals surface area contributed by atoms with E-state index in [-0.39, 0.29) is 25.7 Å². The fourth-order valence-corrected chi connectivity index (χ4v) is 13.0. The molecule has 0 aromatic carbocycles. The van der Waals surface area contributed by atoms with Gasteiger partial charge in [0.1, 0.15) is 19.3 Å². The maximum atomic E-state index is 13.1. The van der Waals surface area contributed by atoms with Gasteiger partial charge in [-0.2, -0.15) is 0 Å². The molecule has 0 spiro atoms. The smallest absolute Gasteiger partial charge is 0.462 e. The summed E-state index contributed by atoms with van der Waals surface area (Å²) in [6.45, 7) is 14.1. The highest BCUT2D eigenvalue weighted by Gasteiger charge is 2.30. The third-order valence-corrected chi connectivity index (χ3v) is 19.2. The van der Waals surface area contributed by atoms with Gasteiger partial charge >= 0.3 is 39.5 Å². The summed E-state index contributed by atoms with van der Waals surface area (Å²) in [5.41, 5.74) is 0. The second-order valence-electron chi connectivity index (χ2n) is 28.9. The van der Waals surface area contributed by atoms with Crippen molar-refractivity contribution in [3.63, 3.8) is 0 Å². The number of esters is 4. The minimum absolute atomic E-state index is 0.103. The average Bonchev–Trinajstić information content (AvgIpc) is 1.45. The second-order valence-corrected chi connectivity index (χ2v) is 31.9. The number of ether oxygens (including phenoxy) is 4. The maximum absolute atomic E-state index is 13.1. The van der Waals surface area contributed by atoms with Gasteiger partial charge in [0.15, 0.2) is 12.2 Å². The van der Waals surface area contributed by atoms with Crippen molar-refractivity contribution >= 4 is 39.5 Å². The van der Waals surface area contributed by atoms with Crippen molar-refractivity contribution in [1.82, 2.24) is 0 Å². The van der Waals surface area contributed by atoms with Gasteiger partial charge in [-0.05, 0) is 49.4 Å². The SMILES string of the molecule is CC(C)CCCCCCCCCCCCCCCCCCCCC(=O)O[C@H](COC(=O)CCCCCCCCCCCC(C)C)COP(=O)(O)OCC(O)COP(=O)(O)OC[C@@H](COC(=O)CCCCCCCCCC(C)C)OC(=O)CCCCCCCCCCC(C)C. The Morgan fingerprint density at radius 3 is 0.660 bits per heavy atom. The normalized spacial score (nSPS) is 14.2. The average molecular weight is 1380 g/mol. The molecule has 94 heavy (non-hydrogen) atoms. The number of phosphoric acid groups is 2. The predicted molar refractivity (Wildman–Crippen MR) is 381 cm³/mol. The van der Waals surface area contributed by atoms with Crippen LogP contribution in [-0.2, 0) is 65.4 Å². The summed E-state index contributed by atoms with van der Waals surface area (Å²) < 4.78 is 68.4. The Balaban J connectivity index is 5.19. The van der Waals surface area contributed by atoms with E-state index in [0.717, 1.165) is 114 Å². The Morgan fingerprint density at radius 1 is 0.266 bits per heavy atom. The lowest BCUT2D eigenvalue weighted by Gasteiger charge is -2.21. The highest BCUT2D eigenvalue weighted by atomic mass is 31.2. The van der Waals surface area contributed by atoms with Crippen LogP contribution in [0.5, 0.6) is 0 Å². The van der Waals surface area contributed by atoms with E-state index in [1.807, 2.05) is 0 Å². The first-order valence-electron chi connectivity index (χ1n) is 38.7. The van der Waals surface area contributed by atoms with Crippen LogP contribution in [0.2, 0.25) is 0 Å². The van der Waals surface area contributed by atoms with Crippen LogP contribution in [0.15, 0.2) is 0 Å². The van der Waals surface area contributed by atoms with Crippen LogP contribution in [0, 0.1) is 23.7 Å². The Labute approximate surface area is 575 Å². The van der Waals surface area contributed by atoms with Crippen molar-refractivity contribution in [3.05, 3.63) is 0 Å². The predicted octanol–water partition coefficient (Wildman–Crippen LogP) is 21.7. The number of aliphatic hydroxyl groups is 1. The van der Waals surface area contributed by atoms with Gasteiger partial charge in [-0.25, -0.2) is 9.13 Å². The number of aliphatic hydroxyl groups excluding tert-OH is 1. The van der Waals surface area contributed by atoms with E-state index < -0.39 is 97.5 Å². The minimum atomic E-state index is -4.96. The molecule has 0 saturated heterocycles. The van der Waals surface area contributed by atoms with E-state index in [1.165, 1.54) is 173 Å². The molecular weight excluding hydrogens is 1230 g/mol. The topological polar surface area (TPSA) is 237 Å². The fraction of sp³-hybridized carbons (Fsp3) is 0.947. The van der Waals surface area contributed by atoms with E-state index in [2.05, 4.69) is 55.4 Å². The Morgan fingerprint density at radius 2 is 0.447 bits per heavy atom. The number of rotatable bonds is 72. The molecular formula is C75H146O17P2. The summed E-state index contributed by atoms with van der Waals surface area (Å²) in [5.74, 6) is 0.862. The first kappa shape index (κ1) is 92.1. The molecule has 19 heteroatoms. The zero-order valence-electron chi connectivity index (χ0n) is 61.6. The van der Waals surface area contributed by atoms with E-state index in [9.17, 15) is 43.2 Å². The van der Waals surface area contributed by atoms with Crippen molar-refractivity contribution in [2.75, 3.05) is 39.6 Å². The van der Waals surface area contributed by atoms with Gasteiger partial charge in [-0.1, -0.05) is 325 Å². The van der Waals surface area contributed by atoms with Gasteiger partial charge in [0.05, 0.1) is 26.4 Å². The lowest BCUT2D eigenvalue weighted by molar-refractivity contribution is -0.161. The monoisotopic (exact) mass is 1380 g/mol. The Hall–Kier alpha value is -1.94. The zero-order chi connectivity index (χ0) is 69.6. The van der Waals surface area contributed by atoms with Crippen LogP contribution in [0.25, 0.3) is 0 Å². The number of phosphoric ester groups is 2. The molecule has 5 atom stereocenters. The largest absolute Gasteiger partial charge is 0.472 e. The lowest BCUT2D eigenvalue weighted by atomic mass is 10.0. The molecule has 0 amide bonds. The van der Waals surface area contributed by atoms with Gasteiger partial charge < -0.3 is 33.8 Å². The van der Waals surface area contributed by atoms with E-state index in [0.29, 0.717) is 31.6 Å². The summed E-state index contributed by atoms with van der Waals surface area (Å²) in [4.78, 5) is 72.7. The molecule has 0 aliphatic rings. The molecule has 0 fully saturated rings. The van der Waals surface area contributed by atoms with E-state index in [4.69, 9.17) is 37.0 Å². The standard InChI is InChI=1S/C75H146O17P2/c1-65(2)51-43-35-27-20-17-15-13-11-9-10-12-14-16-18-22-32-41-49-57-74(79)91-70(61-85-72(77)55-47-39-31-23-19-21-28-36-44-52-66(3)4)63-89-93(81,82)87-59-69(76)60-88-94(83,84)90-64-71(62-86-73(78)56-48-40-34-26-30-38-46-54-68(7)8)92-75(80)58-50-42-33-25-24-29-37-45-53-67(5)6/h65-71,76H,9-64H2,1-8H3,(H,81,82)(H,83,84)/t69?,70-,71-/m1/s1. The molecule has 0 aromatic heterocycles. The van der Waals surface area contributed by atoms with Crippen LogP contribution in [0.4, 0.5) is 0 Å². The molecule has 558 valence electrons. The second kappa shape index (κ2) is 64.4. The number of hydrogen-bond donors (Lipinski definition) is 3. The molecule has 0 radical (unpaired) electrons. The number of hydrogen-bond acceptors (Lipinski definition) is 15. The molecule has 0 rings (SSSR count). The van der Waals surface area contributed by atoms with Crippen molar-refractivity contribution in [2.45, 2.75) is 395 Å². The summed E-state index contributed by atoms with van der Waals surface area (Å²) in [6.07, 6.45) is 48.9. The van der Waals surface area contributed by atoms with Crippen molar-refractivity contribution in [3.8, 4) is 0 Å². The molecule has 3 N–H and O–H groups in total. The van der Waals surface area contributed by atoms with Gasteiger partial charge in [0.25, 0.3) is 0 Å². The summed E-state index contributed by atoms with van der Waals surface area (Å²) in [7, 11) is -9.91. The fourth-order valence-electron chi connectivity index (χ4n) is 11.4. The Kier molecular flexibility index (Phi) is 63.1. The van der Waals surface area contributed by atoms with Gasteiger partial charge in [-0.15, -0.1) is 0 Å². The summed E-state index contributed by atoms with van der Waals surface area (Å²) in [6, 6.07) is 0. The molecule has 0 aliphatic heterocycles. The number of carbonyl (C=O) groups excluding carboxylic acids is 4.